The zero-order valence-electron chi connectivity index (χ0n) is 8.75. The van der Waals surface area contributed by atoms with E-state index in [9.17, 15) is 0 Å². The lowest BCUT2D eigenvalue weighted by molar-refractivity contribution is 0.711. The highest BCUT2D eigenvalue weighted by molar-refractivity contribution is 9.09. The third kappa shape index (κ3) is 4.14. The third-order valence-corrected chi connectivity index (χ3v) is 2.88. The highest BCUT2D eigenvalue weighted by Gasteiger charge is 1.98. The van der Waals surface area contributed by atoms with Crippen LogP contribution in [0, 0.1) is 0 Å². The smallest absolute Gasteiger partial charge is 0.0363 e. The number of para-hydroxylation sites is 1. The second kappa shape index (κ2) is 6.88. The Kier molecular flexibility index (Phi) is 5.69. The van der Waals surface area contributed by atoms with Gasteiger partial charge in [-0.25, -0.2) is 0 Å². The molecule has 0 atom stereocenters. The molecule has 0 amide bonds. The Morgan fingerprint density at radius 3 is 2.43 bits per heavy atom. The fraction of sp³-hybridized carbons (Fsp3) is 0.500. The molecule has 0 N–H and O–H groups in total. The SMILES string of the molecule is CN(CCCCCBr)c1ccccc1. The summed E-state index contributed by atoms with van der Waals surface area (Å²) in [5.41, 5.74) is 1.31. The fourth-order valence-electron chi connectivity index (χ4n) is 1.43. The normalized spacial score (nSPS) is 10.1. The largest absolute Gasteiger partial charge is 0.375 e. The standard InChI is InChI=1S/C12H18BrN/c1-14(11-7-3-6-10-13)12-8-4-2-5-9-12/h2,4-5,8-9H,3,6-7,10-11H2,1H3. The number of benzene rings is 1. The second-order valence-electron chi connectivity index (χ2n) is 3.51. The molecular weight excluding hydrogens is 238 g/mol. The molecule has 0 unspecified atom stereocenters. The topological polar surface area (TPSA) is 3.24 Å². The van der Waals surface area contributed by atoms with Crippen molar-refractivity contribution < 1.29 is 0 Å². The number of halogens is 1. The zero-order valence-corrected chi connectivity index (χ0v) is 10.3. The molecule has 0 saturated carbocycles. The highest BCUT2D eigenvalue weighted by atomic mass is 79.9. The quantitative estimate of drug-likeness (QED) is 0.554. The van der Waals surface area contributed by atoms with E-state index in [-0.39, 0.29) is 0 Å². The van der Waals surface area contributed by atoms with Gasteiger partial charge in [-0.15, -0.1) is 0 Å². The Balaban J connectivity index is 2.25. The fourth-order valence-corrected chi connectivity index (χ4v) is 1.83. The van der Waals surface area contributed by atoms with E-state index in [1.54, 1.807) is 0 Å². The molecule has 0 aliphatic heterocycles. The van der Waals surface area contributed by atoms with Gasteiger partial charge in [0, 0.05) is 24.6 Å². The molecule has 14 heavy (non-hydrogen) atoms. The van der Waals surface area contributed by atoms with Crippen molar-refractivity contribution in [2.75, 3.05) is 23.8 Å². The Labute approximate surface area is 95.2 Å². The van der Waals surface area contributed by atoms with Crippen LogP contribution >= 0.6 is 15.9 Å². The molecule has 1 rings (SSSR count). The predicted octanol–water partition coefficient (Wildman–Crippen LogP) is 3.69. The summed E-state index contributed by atoms with van der Waals surface area (Å²) < 4.78 is 0. The van der Waals surface area contributed by atoms with Gasteiger partial charge in [-0.1, -0.05) is 40.5 Å². The number of anilines is 1. The second-order valence-corrected chi connectivity index (χ2v) is 4.30. The van der Waals surface area contributed by atoms with Crippen LogP contribution in [0.5, 0.6) is 0 Å². The van der Waals surface area contributed by atoms with Crippen LogP contribution < -0.4 is 4.90 Å². The Hall–Kier alpha value is -0.500. The molecule has 0 heterocycles. The molecule has 0 fully saturated rings. The van der Waals surface area contributed by atoms with Gasteiger partial charge in [0.1, 0.15) is 0 Å². The van der Waals surface area contributed by atoms with Gasteiger partial charge >= 0.3 is 0 Å². The van der Waals surface area contributed by atoms with Gasteiger partial charge in [0.25, 0.3) is 0 Å². The van der Waals surface area contributed by atoms with Crippen LogP contribution in [-0.4, -0.2) is 18.9 Å². The first kappa shape index (κ1) is 11.6. The molecule has 0 spiro atoms. The summed E-state index contributed by atoms with van der Waals surface area (Å²) in [6.45, 7) is 1.15. The average Bonchev–Trinajstić information content (AvgIpc) is 2.25. The van der Waals surface area contributed by atoms with E-state index in [1.165, 1.54) is 24.9 Å². The Morgan fingerprint density at radius 2 is 1.79 bits per heavy atom. The maximum absolute atomic E-state index is 3.45. The molecular formula is C12H18BrN. The van der Waals surface area contributed by atoms with Gasteiger partial charge in [0.15, 0.2) is 0 Å². The van der Waals surface area contributed by atoms with Gasteiger partial charge in [-0.05, 0) is 25.0 Å². The van der Waals surface area contributed by atoms with Crippen molar-refractivity contribution in [3.8, 4) is 0 Å². The lowest BCUT2D eigenvalue weighted by Gasteiger charge is -2.18. The van der Waals surface area contributed by atoms with Crippen LogP contribution in [0.25, 0.3) is 0 Å². The minimum absolute atomic E-state index is 1.13. The van der Waals surface area contributed by atoms with E-state index in [0.717, 1.165) is 11.9 Å². The predicted molar refractivity (Wildman–Crippen MR) is 67.4 cm³/mol. The van der Waals surface area contributed by atoms with Gasteiger partial charge in [-0.3, -0.25) is 0 Å². The monoisotopic (exact) mass is 255 g/mol. The van der Waals surface area contributed by atoms with Crippen LogP contribution in [0.2, 0.25) is 0 Å². The van der Waals surface area contributed by atoms with E-state index >= 15 is 0 Å². The van der Waals surface area contributed by atoms with Crippen molar-refractivity contribution in [1.82, 2.24) is 0 Å². The summed E-state index contributed by atoms with van der Waals surface area (Å²) in [7, 11) is 2.16. The van der Waals surface area contributed by atoms with Crippen LogP contribution in [-0.2, 0) is 0 Å². The van der Waals surface area contributed by atoms with Crippen molar-refractivity contribution in [3.05, 3.63) is 30.3 Å². The highest BCUT2D eigenvalue weighted by Crippen LogP contribution is 2.11. The minimum Gasteiger partial charge on any atom is -0.375 e. The van der Waals surface area contributed by atoms with E-state index in [2.05, 4.69) is 58.2 Å². The lowest BCUT2D eigenvalue weighted by Crippen LogP contribution is -2.18. The van der Waals surface area contributed by atoms with Crippen molar-refractivity contribution in [2.45, 2.75) is 19.3 Å². The summed E-state index contributed by atoms with van der Waals surface area (Å²) in [4.78, 5) is 2.31. The molecule has 2 heteroatoms. The molecule has 0 aromatic heterocycles. The first-order valence-corrected chi connectivity index (χ1v) is 6.29. The molecule has 78 valence electrons. The molecule has 0 radical (unpaired) electrons. The number of hydrogen-bond donors (Lipinski definition) is 0. The molecule has 0 aliphatic rings. The minimum atomic E-state index is 1.13. The molecule has 1 aromatic carbocycles. The maximum Gasteiger partial charge on any atom is 0.0363 e. The third-order valence-electron chi connectivity index (χ3n) is 2.32. The summed E-state index contributed by atoms with van der Waals surface area (Å²) in [6, 6.07) is 10.5. The Morgan fingerprint density at radius 1 is 1.07 bits per heavy atom. The number of nitrogens with zero attached hydrogens (tertiary/aromatic N) is 1. The average molecular weight is 256 g/mol. The Bertz CT molecular complexity index is 235. The summed E-state index contributed by atoms with van der Waals surface area (Å²) in [5.74, 6) is 0. The number of alkyl halides is 1. The van der Waals surface area contributed by atoms with Crippen LogP contribution in [0.4, 0.5) is 5.69 Å². The summed E-state index contributed by atoms with van der Waals surface area (Å²) in [6.07, 6.45) is 3.86. The summed E-state index contributed by atoms with van der Waals surface area (Å²) >= 11 is 3.45. The van der Waals surface area contributed by atoms with Crippen molar-refractivity contribution >= 4 is 21.6 Å². The van der Waals surface area contributed by atoms with E-state index in [1.807, 2.05) is 0 Å². The van der Waals surface area contributed by atoms with E-state index in [4.69, 9.17) is 0 Å². The number of rotatable bonds is 6. The number of unbranched alkanes of at least 4 members (excludes halogenated alkanes) is 2. The van der Waals surface area contributed by atoms with Crippen LogP contribution in [0.15, 0.2) is 30.3 Å². The molecule has 1 aromatic rings. The van der Waals surface area contributed by atoms with Gasteiger partial charge in [-0.2, -0.15) is 0 Å². The first-order valence-electron chi connectivity index (χ1n) is 5.16. The van der Waals surface area contributed by atoms with Crippen LogP contribution in [0.1, 0.15) is 19.3 Å². The van der Waals surface area contributed by atoms with Gasteiger partial charge in [0.2, 0.25) is 0 Å². The van der Waals surface area contributed by atoms with Crippen LogP contribution in [0.3, 0.4) is 0 Å². The van der Waals surface area contributed by atoms with Gasteiger partial charge < -0.3 is 4.90 Å². The zero-order chi connectivity index (χ0) is 10.2. The first-order chi connectivity index (χ1) is 6.84. The molecule has 0 bridgehead atoms. The summed E-state index contributed by atoms with van der Waals surface area (Å²) in [5, 5.41) is 1.13. The van der Waals surface area contributed by atoms with Crippen molar-refractivity contribution in [2.24, 2.45) is 0 Å². The van der Waals surface area contributed by atoms with Gasteiger partial charge in [0.05, 0.1) is 0 Å². The molecule has 0 saturated heterocycles. The van der Waals surface area contributed by atoms with Crippen molar-refractivity contribution in [3.63, 3.8) is 0 Å². The van der Waals surface area contributed by atoms with E-state index < -0.39 is 0 Å². The molecule has 0 aliphatic carbocycles. The number of hydrogen-bond acceptors (Lipinski definition) is 1. The van der Waals surface area contributed by atoms with Crippen molar-refractivity contribution in [1.29, 1.82) is 0 Å². The lowest BCUT2D eigenvalue weighted by atomic mass is 10.2. The molecule has 1 nitrogen and oxygen atoms in total. The maximum atomic E-state index is 3.45. The van der Waals surface area contributed by atoms with E-state index in [0.29, 0.717) is 0 Å².